The second kappa shape index (κ2) is 7.11. The summed E-state index contributed by atoms with van der Waals surface area (Å²) in [5.74, 6) is -1.11. The number of carbonyl (C=O) groups is 2. The number of aryl methyl sites for hydroxylation is 1. The van der Waals surface area contributed by atoms with E-state index < -0.39 is 5.97 Å². The quantitative estimate of drug-likeness (QED) is 0.835. The number of nitrogens with one attached hydrogen (secondary N) is 1. The standard InChI is InChI=1S/C16H21NO4/c1-11-7-8-13(14(18)9-11)16(20)21-10-15(19)17-12-5-3-2-4-6-12/h7-9,12,18H,2-6,10H2,1H3,(H,17,19). The van der Waals surface area contributed by atoms with Crippen molar-refractivity contribution < 1.29 is 19.4 Å². The highest BCUT2D eigenvalue weighted by Crippen LogP contribution is 2.19. The number of carbonyl (C=O) groups excluding carboxylic acids is 2. The van der Waals surface area contributed by atoms with Crippen molar-refractivity contribution in [2.75, 3.05) is 6.61 Å². The zero-order chi connectivity index (χ0) is 15.2. The summed E-state index contributed by atoms with van der Waals surface area (Å²) in [6.45, 7) is 1.50. The SMILES string of the molecule is Cc1ccc(C(=O)OCC(=O)NC2CCCCC2)c(O)c1. The van der Waals surface area contributed by atoms with Crippen LogP contribution in [0, 0.1) is 6.92 Å². The molecule has 114 valence electrons. The molecule has 0 spiro atoms. The summed E-state index contributed by atoms with van der Waals surface area (Å²) in [4.78, 5) is 23.5. The molecule has 0 unspecified atom stereocenters. The molecule has 5 nitrogen and oxygen atoms in total. The summed E-state index contributed by atoms with van der Waals surface area (Å²) in [6.07, 6.45) is 5.44. The highest BCUT2D eigenvalue weighted by molar-refractivity contribution is 5.93. The summed E-state index contributed by atoms with van der Waals surface area (Å²) >= 11 is 0. The number of phenols is 1. The van der Waals surface area contributed by atoms with Crippen molar-refractivity contribution in [3.8, 4) is 5.75 Å². The third kappa shape index (κ3) is 4.48. The predicted molar refractivity (Wildman–Crippen MR) is 78.1 cm³/mol. The highest BCUT2D eigenvalue weighted by Gasteiger charge is 2.18. The topological polar surface area (TPSA) is 75.6 Å². The maximum absolute atomic E-state index is 11.8. The van der Waals surface area contributed by atoms with E-state index in [-0.39, 0.29) is 29.9 Å². The third-order valence-corrected chi connectivity index (χ3v) is 3.68. The molecule has 0 atom stereocenters. The summed E-state index contributed by atoms with van der Waals surface area (Å²) < 4.78 is 4.94. The second-order valence-corrected chi connectivity index (χ2v) is 5.50. The van der Waals surface area contributed by atoms with Gasteiger partial charge in [-0.25, -0.2) is 4.79 Å². The zero-order valence-electron chi connectivity index (χ0n) is 12.2. The first-order valence-corrected chi connectivity index (χ1v) is 7.32. The molecule has 1 aromatic rings. The Kier molecular flexibility index (Phi) is 5.20. The van der Waals surface area contributed by atoms with Gasteiger partial charge >= 0.3 is 5.97 Å². The predicted octanol–water partition coefficient (Wildman–Crippen LogP) is 2.31. The van der Waals surface area contributed by atoms with Crippen molar-refractivity contribution in [3.63, 3.8) is 0 Å². The van der Waals surface area contributed by atoms with Gasteiger partial charge in [-0.1, -0.05) is 25.3 Å². The van der Waals surface area contributed by atoms with E-state index in [0.29, 0.717) is 0 Å². The summed E-state index contributed by atoms with van der Waals surface area (Å²) in [5.41, 5.74) is 0.921. The molecule has 2 rings (SSSR count). The molecular weight excluding hydrogens is 270 g/mol. The summed E-state index contributed by atoms with van der Waals surface area (Å²) in [5, 5.41) is 12.6. The molecule has 2 N–H and O–H groups in total. The van der Waals surface area contributed by atoms with Crippen LogP contribution in [0.5, 0.6) is 5.75 Å². The maximum Gasteiger partial charge on any atom is 0.342 e. The van der Waals surface area contributed by atoms with E-state index in [4.69, 9.17) is 4.74 Å². The molecule has 1 aromatic carbocycles. The van der Waals surface area contributed by atoms with Crippen LogP contribution in [0.15, 0.2) is 18.2 Å². The van der Waals surface area contributed by atoms with Crippen molar-refractivity contribution >= 4 is 11.9 Å². The van der Waals surface area contributed by atoms with Gasteiger partial charge in [0.05, 0.1) is 0 Å². The Bertz CT molecular complexity index is 521. The van der Waals surface area contributed by atoms with Crippen LogP contribution < -0.4 is 5.32 Å². The van der Waals surface area contributed by atoms with E-state index in [2.05, 4.69) is 5.32 Å². The van der Waals surface area contributed by atoms with E-state index in [1.807, 2.05) is 6.92 Å². The average Bonchev–Trinajstić information content (AvgIpc) is 2.46. The Morgan fingerprint density at radius 2 is 2.00 bits per heavy atom. The fourth-order valence-electron chi connectivity index (χ4n) is 2.54. The fraction of sp³-hybridized carbons (Fsp3) is 0.500. The van der Waals surface area contributed by atoms with Gasteiger partial charge in [-0.15, -0.1) is 0 Å². The second-order valence-electron chi connectivity index (χ2n) is 5.50. The van der Waals surface area contributed by atoms with Gasteiger partial charge in [0.25, 0.3) is 5.91 Å². The first kappa shape index (κ1) is 15.4. The Morgan fingerprint density at radius 1 is 1.29 bits per heavy atom. The first-order valence-electron chi connectivity index (χ1n) is 7.32. The van der Waals surface area contributed by atoms with E-state index in [9.17, 15) is 14.7 Å². The average molecular weight is 291 g/mol. The molecule has 21 heavy (non-hydrogen) atoms. The Morgan fingerprint density at radius 3 is 2.67 bits per heavy atom. The minimum atomic E-state index is -0.689. The van der Waals surface area contributed by atoms with Crippen LogP contribution >= 0.6 is 0 Å². The van der Waals surface area contributed by atoms with Crippen molar-refractivity contribution in [3.05, 3.63) is 29.3 Å². The molecule has 0 radical (unpaired) electrons. The van der Waals surface area contributed by atoms with Gasteiger partial charge in [-0.2, -0.15) is 0 Å². The molecule has 1 saturated carbocycles. The molecule has 0 heterocycles. The van der Waals surface area contributed by atoms with Gasteiger partial charge < -0.3 is 15.2 Å². The van der Waals surface area contributed by atoms with Crippen LogP contribution in [-0.2, 0) is 9.53 Å². The van der Waals surface area contributed by atoms with E-state index >= 15 is 0 Å². The van der Waals surface area contributed by atoms with Crippen LogP contribution in [0.1, 0.15) is 48.0 Å². The van der Waals surface area contributed by atoms with E-state index in [1.54, 1.807) is 6.07 Å². The molecule has 1 aliphatic carbocycles. The molecule has 0 aromatic heterocycles. The molecule has 1 amide bonds. The largest absolute Gasteiger partial charge is 0.507 e. The van der Waals surface area contributed by atoms with E-state index in [0.717, 1.165) is 31.2 Å². The van der Waals surface area contributed by atoms with Crippen LogP contribution in [0.2, 0.25) is 0 Å². The molecule has 5 heteroatoms. The van der Waals surface area contributed by atoms with Gasteiger partial charge in [0.1, 0.15) is 11.3 Å². The summed E-state index contributed by atoms with van der Waals surface area (Å²) in [7, 11) is 0. The zero-order valence-corrected chi connectivity index (χ0v) is 12.2. The van der Waals surface area contributed by atoms with Gasteiger partial charge in [0, 0.05) is 6.04 Å². The number of rotatable bonds is 4. The van der Waals surface area contributed by atoms with Gasteiger partial charge in [-0.3, -0.25) is 4.79 Å². The Balaban J connectivity index is 1.81. The van der Waals surface area contributed by atoms with Crippen LogP contribution in [-0.4, -0.2) is 29.6 Å². The fourth-order valence-corrected chi connectivity index (χ4v) is 2.54. The number of ether oxygens (including phenoxy) is 1. The van der Waals surface area contributed by atoms with Crippen molar-refractivity contribution in [1.82, 2.24) is 5.32 Å². The van der Waals surface area contributed by atoms with Gasteiger partial charge in [-0.05, 0) is 37.5 Å². The molecule has 1 fully saturated rings. The maximum atomic E-state index is 11.8. The van der Waals surface area contributed by atoms with Crippen molar-refractivity contribution in [1.29, 1.82) is 0 Å². The van der Waals surface area contributed by atoms with E-state index in [1.165, 1.54) is 18.6 Å². The third-order valence-electron chi connectivity index (χ3n) is 3.68. The number of benzene rings is 1. The molecule has 0 aliphatic heterocycles. The smallest absolute Gasteiger partial charge is 0.342 e. The number of phenolic OH excluding ortho intramolecular Hbond substituents is 1. The minimum absolute atomic E-state index is 0.0751. The highest BCUT2D eigenvalue weighted by atomic mass is 16.5. The number of hydrogen-bond acceptors (Lipinski definition) is 4. The minimum Gasteiger partial charge on any atom is -0.507 e. The normalized spacial score (nSPS) is 15.5. The first-order chi connectivity index (χ1) is 10.1. The van der Waals surface area contributed by atoms with Crippen molar-refractivity contribution in [2.24, 2.45) is 0 Å². The molecule has 1 aliphatic rings. The Labute approximate surface area is 124 Å². The lowest BCUT2D eigenvalue weighted by Crippen LogP contribution is -2.38. The number of aromatic hydroxyl groups is 1. The summed E-state index contributed by atoms with van der Waals surface area (Å²) in [6, 6.07) is 4.88. The number of amides is 1. The Hall–Kier alpha value is -2.04. The number of hydrogen-bond donors (Lipinski definition) is 2. The van der Waals surface area contributed by atoms with Crippen LogP contribution in [0.25, 0.3) is 0 Å². The van der Waals surface area contributed by atoms with Crippen LogP contribution in [0.4, 0.5) is 0 Å². The number of esters is 1. The monoisotopic (exact) mass is 291 g/mol. The van der Waals surface area contributed by atoms with Crippen LogP contribution in [0.3, 0.4) is 0 Å². The van der Waals surface area contributed by atoms with Gasteiger partial charge in [0.15, 0.2) is 6.61 Å². The lowest BCUT2D eigenvalue weighted by molar-refractivity contribution is -0.125. The molecule has 0 saturated heterocycles. The van der Waals surface area contributed by atoms with Crippen molar-refractivity contribution in [2.45, 2.75) is 45.1 Å². The lowest BCUT2D eigenvalue weighted by Gasteiger charge is -2.22. The lowest BCUT2D eigenvalue weighted by atomic mass is 9.95. The van der Waals surface area contributed by atoms with Gasteiger partial charge in [0.2, 0.25) is 0 Å². The molecule has 0 bridgehead atoms. The molecular formula is C16H21NO4.